The highest BCUT2D eigenvalue weighted by molar-refractivity contribution is 7.92. The lowest BCUT2D eigenvalue weighted by Crippen LogP contribution is -2.26. The van der Waals surface area contributed by atoms with Crippen LogP contribution in [0, 0.1) is 11.8 Å². The molecule has 4 nitrogen and oxygen atoms in total. The van der Waals surface area contributed by atoms with Crippen molar-refractivity contribution in [2.24, 2.45) is 16.8 Å². The first-order chi connectivity index (χ1) is 10.9. The van der Waals surface area contributed by atoms with E-state index in [0.717, 1.165) is 19.3 Å². The van der Waals surface area contributed by atoms with Gasteiger partial charge in [-0.05, 0) is 43.4 Å². The van der Waals surface area contributed by atoms with Gasteiger partial charge in [0, 0.05) is 12.1 Å². The molecular weight excluding hydrogens is 334 g/mol. The van der Waals surface area contributed by atoms with Crippen LogP contribution in [0.1, 0.15) is 33.1 Å². The van der Waals surface area contributed by atoms with Crippen molar-refractivity contribution in [2.45, 2.75) is 43.3 Å². The highest BCUT2D eigenvalue weighted by Crippen LogP contribution is 2.36. The summed E-state index contributed by atoms with van der Waals surface area (Å²) < 4.78 is 30.3. The Hall–Kier alpha value is -1.33. The van der Waals surface area contributed by atoms with Crippen LogP contribution in [0.5, 0.6) is 5.75 Å². The van der Waals surface area contributed by atoms with Gasteiger partial charge in [0.05, 0.1) is 15.2 Å². The molecule has 1 saturated carbocycles. The summed E-state index contributed by atoms with van der Waals surface area (Å²) in [5.41, 5.74) is 0. The molecule has 6 heteroatoms. The van der Waals surface area contributed by atoms with Gasteiger partial charge >= 0.3 is 0 Å². The van der Waals surface area contributed by atoms with Crippen LogP contribution in [0.25, 0.3) is 0 Å². The van der Waals surface area contributed by atoms with Crippen LogP contribution in [0.4, 0.5) is 0 Å². The summed E-state index contributed by atoms with van der Waals surface area (Å²) >= 11 is 6.24. The largest absolute Gasteiger partial charge is 0.441 e. The second kappa shape index (κ2) is 6.29. The van der Waals surface area contributed by atoms with Crippen molar-refractivity contribution < 1.29 is 13.2 Å². The zero-order valence-corrected chi connectivity index (χ0v) is 14.8. The van der Waals surface area contributed by atoms with Gasteiger partial charge in [0.25, 0.3) is 0 Å². The van der Waals surface area contributed by atoms with E-state index in [1.54, 1.807) is 18.3 Å². The zero-order valence-electron chi connectivity index (χ0n) is 13.2. The molecular formula is C17H20ClNO3S. The summed E-state index contributed by atoms with van der Waals surface area (Å²) in [6.45, 7) is 4.19. The molecule has 1 heterocycles. The molecule has 1 aliphatic carbocycles. The maximum absolute atomic E-state index is 12.2. The molecule has 2 unspecified atom stereocenters. The second-order valence-electron chi connectivity index (χ2n) is 6.11. The fourth-order valence-electron chi connectivity index (χ4n) is 2.73. The number of rotatable bonds is 4. The topological polar surface area (TPSA) is 55.7 Å². The summed E-state index contributed by atoms with van der Waals surface area (Å²) in [4.78, 5) is 4.56. The van der Waals surface area contributed by atoms with E-state index in [0.29, 0.717) is 22.6 Å². The number of halogens is 1. The van der Waals surface area contributed by atoms with Crippen LogP contribution < -0.4 is 4.74 Å². The van der Waals surface area contributed by atoms with Crippen molar-refractivity contribution in [3.8, 4) is 5.75 Å². The number of benzene rings is 1. The third-order valence-corrected chi connectivity index (χ3v) is 7.00. The van der Waals surface area contributed by atoms with E-state index in [4.69, 9.17) is 16.3 Å². The average Bonchev–Trinajstić information content (AvgIpc) is 3.36. The first kappa shape index (κ1) is 16.5. The molecule has 1 aromatic rings. The molecule has 0 radical (unpaired) electrons. The molecule has 2 aliphatic rings. The molecule has 0 bridgehead atoms. The van der Waals surface area contributed by atoms with Gasteiger partial charge in [-0.3, -0.25) is 0 Å². The highest BCUT2D eigenvalue weighted by Gasteiger charge is 2.37. The number of allylic oxidation sites excluding steroid dienone is 1. The molecule has 0 N–H and O–H groups in total. The van der Waals surface area contributed by atoms with Crippen molar-refractivity contribution in [1.82, 2.24) is 0 Å². The van der Waals surface area contributed by atoms with E-state index in [1.807, 2.05) is 0 Å². The van der Waals surface area contributed by atoms with Crippen LogP contribution in [-0.4, -0.2) is 19.6 Å². The Morgan fingerprint density at radius 2 is 2.09 bits per heavy atom. The number of hydrogen-bond donors (Lipinski definition) is 0. The maximum atomic E-state index is 12.2. The molecule has 1 fully saturated rings. The number of ether oxygens (including phenoxy) is 1. The van der Waals surface area contributed by atoms with Gasteiger partial charge in [-0.15, -0.1) is 0 Å². The van der Waals surface area contributed by atoms with Gasteiger partial charge in [-0.25, -0.2) is 13.4 Å². The van der Waals surface area contributed by atoms with Gasteiger partial charge < -0.3 is 4.74 Å². The van der Waals surface area contributed by atoms with Crippen LogP contribution in [0.2, 0.25) is 5.02 Å². The first-order valence-electron chi connectivity index (χ1n) is 7.89. The highest BCUT2D eigenvalue weighted by atomic mass is 35.5. The number of hydrogen-bond acceptors (Lipinski definition) is 4. The number of nitrogens with zero attached hydrogens (tertiary/aromatic N) is 1. The second-order valence-corrected chi connectivity index (χ2v) is 8.74. The minimum Gasteiger partial charge on any atom is -0.441 e. The fourth-order valence-corrected chi connectivity index (χ4v) is 4.69. The van der Waals surface area contributed by atoms with Crippen LogP contribution in [0.3, 0.4) is 0 Å². The predicted octanol–water partition coefficient (Wildman–Crippen LogP) is 4.24. The van der Waals surface area contributed by atoms with Crippen molar-refractivity contribution in [2.75, 3.05) is 0 Å². The molecule has 124 valence electrons. The molecule has 0 spiro atoms. The quantitative estimate of drug-likeness (QED) is 0.813. The maximum Gasteiger partial charge on any atom is 0.198 e. The van der Waals surface area contributed by atoms with Crippen molar-refractivity contribution in [3.63, 3.8) is 0 Å². The van der Waals surface area contributed by atoms with E-state index in [2.05, 4.69) is 24.9 Å². The van der Waals surface area contributed by atoms with Gasteiger partial charge in [-0.2, -0.15) is 0 Å². The van der Waals surface area contributed by atoms with Crippen LogP contribution >= 0.6 is 11.6 Å². The monoisotopic (exact) mass is 353 g/mol. The summed E-state index contributed by atoms with van der Waals surface area (Å²) in [6, 6.07) is 4.66. The first-order valence-corrected chi connectivity index (χ1v) is 9.81. The minimum absolute atomic E-state index is 0.163. The molecule has 0 aromatic heterocycles. The van der Waals surface area contributed by atoms with E-state index in [9.17, 15) is 8.42 Å². The normalized spacial score (nSPS) is 24.4. The standard InChI is InChI=1S/C17H20ClNO3S/c1-3-12-8-9-19-17(11(12)2)22-16-7-6-14(10-15(16)18)23(20,21)13-4-5-13/h6-13H,3-5H2,1-2H3. The van der Waals surface area contributed by atoms with Crippen LogP contribution in [0.15, 0.2) is 40.4 Å². The lowest BCUT2D eigenvalue weighted by molar-refractivity contribution is 0.425. The molecule has 1 aromatic carbocycles. The molecule has 0 amide bonds. The molecule has 3 rings (SSSR count). The Balaban J connectivity index is 1.82. The Bertz CT molecular complexity index is 766. The van der Waals surface area contributed by atoms with E-state index < -0.39 is 9.84 Å². The molecule has 23 heavy (non-hydrogen) atoms. The third-order valence-electron chi connectivity index (χ3n) is 4.45. The Morgan fingerprint density at radius 3 is 2.70 bits per heavy atom. The lowest BCUT2D eigenvalue weighted by atomic mass is 9.90. The van der Waals surface area contributed by atoms with Gasteiger partial charge in [0.15, 0.2) is 15.7 Å². The van der Waals surface area contributed by atoms with Gasteiger partial charge in [0.1, 0.15) is 5.75 Å². The Labute approximate surface area is 142 Å². The minimum atomic E-state index is -3.24. The summed E-state index contributed by atoms with van der Waals surface area (Å²) in [7, 11) is -3.24. The SMILES string of the molecule is CCC1C=CN=C(Oc2ccc(S(=O)(=O)C3CC3)cc2Cl)C1C. The van der Waals surface area contributed by atoms with Crippen molar-refractivity contribution in [1.29, 1.82) is 0 Å². The van der Waals surface area contributed by atoms with E-state index >= 15 is 0 Å². The van der Waals surface area contributed by atoms with Crippen molar-refractivity contribution in [3.05, 3.63) is 35.5 Å². The predicted molar refractivity (Wildman–Crippen MR) is 91.8 cm³/mol. The third kappa shape index (κ3) is 3.31. The smallest absolute Gasteiger partial charge is 0.198 e. The zero-order chi connectivity index (χ0) is 16.6. The van der Waals surface area contributed by atoms with E-state index in [-0.39, 0.29) is 16.1 Å². The van der Waals surface area contributed by atoms with Gasteiger partial charge in [0.2, 0.25) is 0 Å². The average molecular weight is 354 g/mol. The number of aliphatic imine (C=N–C) groups is 1. The molecule has 1 aliphatic heterocycles. The molecule has 0 saturated heterocycles. The summed E-state index contributed by atoms with van der Waals surface area (Å²) in [5.74, 6) is 1.60. The molecule has 2 atom stereocenters. The van der Waals surface area contributed by atoms with Crippen LogP contribution in [-0.2, 0) is 9.84 Å². The Kier molecular flexibility index (Phi) is 4.52. The summed E-state index contributed by atoms with van der Waals surface area (Å²) in [5, 5.41) is 0.0488. The number of sulfone groups is 1. The fraction of sp³-hybridized carbons (Fsp3) is 0.471. The Morgan fingerprint density at radius 1 is 1.35 bits per heavy atom. The van der Waals surface area contributed by atoms with E-state index in [1.165, 1.54) is 6.07 Å². The summed E-state index contributed by atoms with van der Waals surface area (Å²) in [6.07, 6.45) is 6.30. The van der Waals surface area contributed by atoms with Gasteiger partial charge in [-0.1, -0.05) is 31.5 Å². The lowest BCUT2D eigenvalue weighted by Gasteiger charge is -2.24. The van der Waals surface area contributed by atoms with Crippen molar-refractivity contribution >= 4 is 27.3 Å².